The number of rotatable bonds is 4. The van der Waals surface area contributed by atoms with E-state index in [0.717, 1.165) is 6.61 Å². The van der Waals surface area contributed by atoms with E-state index in [9.17, 15) is 0 Å². The van der Waals surface area contributed by atoms with Crippen LogP contribution < -0.4 is 0 Å². The molecule has 0 spiro atoms. The van der Waals surface area contributed by atoms with Crippen molar-refractivity contribution >= 4 is 0 Å². The SMILES string of the molecule is C.CC(C)OCCCC(C)(C)C. The second kappa shape index (κ2) is 6.47. The minimum atomic E-state index is 0. The summed E-state index contributed by atoms with van der Waals surface area (Å²) in [5.41, 5.74) is 0.459. The second-order valence-corrected chi connectivity index (χ2v) is 4.58. The van der Waals surface area contributed by atoms with E-state index in [1.54, 1.807) is 0 Å². The lowest BCUT2D eigenvalue weighted by atomic mass is 9.91. The zero-order chi connectivity index (χ0) is 8.91. The molecule has 0 rings (SSSR count). The molecule has 0 radical (unpaired) electrons. The summed E-state index contributed by atoms with van der Waals surface area (Å²) in [4.78, 5) is 0. The average molecular weight is 174 g/mol. The lowest BCUT2D eigenvalue weighted by molar-refractivity contribution is 0.0710. The van der Waals surface area contributed by atoms with E-state index in [2.05, 4.69) is 34.6 Å². The van der Waals surface area contributed by atoms with E-state index >= 15 is 0 Å². The fraction of sp³-hybridized carbons (Fsp3) is 1.00. The van der Waals surface area contributed by atoms with Crippen molar-refractivity contribution in [3.05, 3.63) is 0 Å². The lowest BCUT2D eigenvalue weighted by Crippen LogP contribution is -2.09. The van der Waals surface area contributed by atoms with Crippen LogP contribution in [0, 0.1) is 5.41 Å². The van der Waals surface area contributed by atoms with Crippen LogP contribution in [0.5, 0.6) is 0 Å². The van der Waals surface area contributed by atoms with Gasteiger partial charge in [-0.1, -0.05) is 28.2 Å². The molecule has 0 aromatic carbocycles. The van der Waals surface area contributed by atoms with Gasteiger partial charge in [0.05, 0.1) is 6.10 Å². The van der Waals surface area contributed by atoms with Crippen LogP contribution in [0.1, 0.15) is 54.9 Å². The van der Waals surface area contributed by atoms with Gasteiger partial charge >= 0.3 is 0 Å². The lowest BCUT2D eigenvalue weighted by Gasteiger charge is -2.18. The fourth-order valence-electron chi connectivity index (χ4n) is 0.922. The summed E-state index contributed by atoms with van der Waals surface area (Å²) < 4.78 is 5.44. The minimum absolute atomic E-state index is 0. The monoisotopic (exact) mass is 174 g/mol. The van der Waals surface area contributed by atoms with Crippen LogP contribution in [0.25, 0.3) is 0 Å². The maximum absolute atomic E-state index is 5.44. The van der Waals surface area contributed by atoms with Crippen molar-refractivity contribution in [2.75, 3.05) is 6.61 Å². The summed E-state index contributed by atoms with van der Waals surface area (Å²) in [6.07, 6.45) is 2.82. The molecule has 0 atom stereocenters. The molecule has 12 heavy (non-hydrogen) atoms. The van der Waals surface area contributed by atoms with Crippen LogP contribution in [0.2, 0.25) is 0 Å². The zero-order valence-electron chi connectivity index (χ0n) is 8.61. The maximum Gasteiger partial charge on any atom is 0.0518 e. The molecule has 0 saturated carbocycles. The third-order valence-electron chi connectivity index (χ3n) is 1.52. The first-order valence-electron chi connectivity index (χ1n) is 4.53. The van der Waals surface area contributed by atoms with Crippen LogP contribution in [-0.4, -0.2) is 12.7 Å². The standard InChI is InChI=1S/C10H22O.CH4/c1-9(2)11-8-6-7-10(3,4)5;/h9H,6-8H2,1-5H3;1H4. The minimum Gasteiger partial charge on any atom is -0.379 e. The molecule has 1 nitrogen and oxygen atoms in total. The van der Waals surface area contributed by atoms with Crippen molar-refractivity contribution < 1.29 is 4.74 Å². The van der Waals surface area contributed by atoms with E-state index in [0.29, 0.717) is 11.5 Å². The van der Waals surface area contributed by atoms with Gasteiger partial charge in [0.2, 0.25) is 0 Å². The van der Waals surface area contributed by atoms with Gasteiger partial charge in [0, 0.05) is 6.61 Å². The number of hydrogen-bond donors (Lipinski definition) is 0. The Balaban J connectivity index is 0. The van der Waals surface area contributed by atoms with Crippen LogP contribution in [0.3, 0.4) is 0 Å². The Labute approximate surface area is 78.5 Å². The molecule has 76 valence electrons. The van der Waals surface area contributed by atoms with E-state index in [1.807, 2.05) is 0 Å². The molecule has 1 heteroatoms. The molecule has 0 unspecified atom stereocenters. The molecule has 0 aliphatic rings. The Morgan fingerprint density at radius 2 is 1.67 bits per heavy atom. The van der Waals surface area contributed by atoms with Crippen molar-refractivity contribution in [2.45, 2.75) is 61.0 Å². The van der Waals surface area contributed by atoms with Crippen LogP contribution in [0.4, 0.5) is 0 Å². The molecule has 0 bridgehead atoms. The molecule has 0 aliphatic heterocycles. The molecule has 0 aromatic rings. The number of ether oxygens (including phenoxy) is 1. The van der Waals surface area contributed by atoms with Crippen molar-refractivity contribution in [2.24, 2.45) is 5.41 Å². The highest BCUT2D eigenvalue weighted by atomic mass is 16.5. The van der Waals surface area contributed by atoms with E-state index in [4.69, 9.17) is 4.74 Å². The van der Waals surface area contributed by atoms with Crippen LogP contribution in [0.15, 0.2) is 0 Å². The largest absolute Gasteiger partial charge is 0.379 e. The van der Waals surface area contributed by atoms with Gasteiger partial charge in [-0.3, -0.25) is 0 Å². The maximum atomic E-state index is 5.44. The van der Waals surface area contributed by atoms with E-state index in [1.165, 1.54) is 12.8 Å². The van der Waals surface area contributed by atoms with Gasteiger partial charge in [-0.2, -0.15) is 0 Å². The van der Waals surface area contributed by atoms with Crippen molar-refractivity contribution in [1.82, 2.24) is 0 Å². The Bertz CT molecular complexity index is 89.7. The number of hydrogen-bond acceptors (Lipinski definition) is 1. The first-order chi connectivity index (χ1) is 4.92. The van der Waals surface area contributed by atoms with Gasteiger partial charge in [-0.05, 0) is 32.1 Å². The summed E-state index contributed by atoms with van der Waals surface area (Å²) in [5.74, 6) is 0. The van der Waals surface area contributed by atoms with Crippen molar-refractivity contribution in [3.63, 3.8) is 0 Å². The van der Waals surface area contributed by atoms with Crippen LogP contribution in [-0.2, 0) is 4.74 Å². The van der Waals surface area contributed by atoms with Gasteiger partial charge in [0.25, 0.3) is 0 Å². The van der Waals surface area contributed by atoms with Crippen molar-refractivity contribution in [1.29, 1.82) is 0 Å². The third-order valence-corrected chi connectivity index (χ3v) is 1.52. The van der Waals surface area contributed by atoms with Gasteiger partial charge in [-0.15, -0.1) is 0 Å². The fourth-order valence-corrected chi connectivity index (χ4v) is 0.922. The first-order valence-corrected chi connectivity index (χ1v) is 4.53. The Hall–Kier alpha value is -0.0400. The third kappa shape index (κ3) is 12.6. The predicted octanol–water partition coefficient (Wildman–Crippen LogP) is 3.87. The summed E-state index contributed by atoms with van der Waals surface area (Å²) in [7, 11) is 0. The summed E-state index contributed by atoms with van der Waals surface area (Å²) in [6.45, 7) is 11.9. The Kier molecular flexibility index (Phi) is 7.81. The van der Waals surface area contributed by atoms with Gasteiger partial charge in [-0.25, -0.2) is 0 Å². The highest BCUT2D eigenvalue weighted by Gasteiger charge is 2.08. The summed E-state index contributed by atoms with van der Waals surface area (Å²) in [6, 6.07) is 0. The molecule has 0 heterocycles. The Morgan fingerprint density at radius 1 is 1.17 bits per heavy atom. The summed E-state index contributed by atoms with van der Waals surface area (Å²) in [5, 5.41) is 0. The molecular weight excluding hydrogens is 148 g/mol. The van der Waals surface area contributed by atoms with Gasteiger partial charge in [0.15, 0.2) is 0 Å². The molecular formula is C11H26O. The zero-order valence-corrected chi connectivity index (χ0v) is 8.61. The summed E-state index contributed by atoms with van der Waals surface area (Å²) >= 11 is 0. The molecule has 0 aromatic heterocycles. The second-order valence-electron chi connectivity index (χ2n) is 4.58. The smallest absolute Gasteiger partial charge is 0.0518 e. The van der Waals surface area contributed by atoms with Crippen LogP contribution >= 0.6 is 0 Å². The quantitative estimate of drug-likeness (QED) is 0.588. The van der Waals surface area contributed by atoms with E-state index in [-0.39, 0.29) is 7.43 Å². The first kappa shape index (κ1) is 14.5. The molecule has 0 aliphatic carbocycles. The van der Waals surface area contributed by atoms with Crippen molar-refractivity contribution in [3.8, 4) is 0 Å². The topological polar surface area (TPSA) is 9.23 Å². The highest BCUT2D eigenvalue weighted by molar-refractivity contribution is 4.60. The Morgan fingerprint density at radius 3 is 2.00 bits per heavy atom. The highest BCUT2D eigenvalue weighted by Crippen LogP contribution is 2.20. The normalized spacial score (nSPS) is 11.5. The predicted molar refractivity (Wildman–Crippen MR) is 56.5 cm³/mol. The molecule has 0 fully saturated rings. The molecule has 0 N–H and O–H groups in total. The van der Waals surface area contributed by atoms with Gasteiger partial charge < -0.3 is 4.74 Å². The molecule has 0 amide bonds. The average Bonchev–Trinajstić information content (AvgIpc) is 1.78. The van der Waals surface area contributed by atoms with E-state index < -0.39 is 0 Å². The van der Waals surface area contributed by atoms with Gasteiger partial charge in [0.1, 0.15) is 0 Å². The molecule has 0 saturated heterocycles.